The van der Waals surface area contributed by atoms with Crippen molar-refractivity contribution in [2.75, 3.05) is 7.11 Å². The van der Waals surface area contributed by atoms with Gasteiger partial charge in [-0.1, -0.05) is 20.8 Å². The van der Waals surface area contributed by atoms with E-state index in [2.05, 4.69) is 49.0 Å². The van der Waals surface area contributed by atoms with Crippen molar-refractivity contribution in [3.63, 3.8) is 0 Å². The summed E-state index contributed by atoms with van der Waals surface area (Å²) in [5.74, 6) is 5.80. The van der Waals surface area contributed by atoms with Gasteiger partial charge in [-0.25, -0.2) is 0 Å². The maximum atomic E-state index is 5.80. The van der Waals surface area contributed by atoms with E-state index in [0.29, 0.717) is 0 Å². The predicted octanol–water partition coefficient (Wildman–Crippen LogP) is 2.04. The Kier molecular flexibility index (Phi) is 6.65. The molecule has 0 saturated carbocycles. The highest BCUT2D eigenvalue weighted by Crippen LogP contribution is 2.26. The molecule has 0 saturated heterocycles. The molecule has 1 aromatic rings. The fraction of sp³-hybridized carbons (Fsp3) is 0.800. The summed E-state index contributed by atoms with van der Waals surface area (Å²) in [6.45, 7) is 9.41. The number of rotatable bonds is 9. The van der Waals surface area contributed by atoms with E-state index in [-0.39, 0.29) is 11.6 Å². The third kappa shape index (κ3) is 3.40. The van der Waals surface area contributed by atoms with Crippen molar-refractivity contribution in [3.05, 3.63) is 17.5 Å². The zero-order valence-electron chi connectivity index (χ0n) is 13.6. The van der Waals surface area contributed by atoms with Crippen LogP contribution in [0.4, 0.5) is 0 Å². The van der Waals surface area contributed by atoms with Gasteiger partial charge in [0.05, 0.1) is 17.3 Å². The number of hydrogen-bond donors (Lipinski definition) is 2. The second-order valence-electron chi connectivity index (χ2n) is 5.20. The molecule has 0 aliphatic heterocycles. The zero-order valence-corrected chi connectivity index (χ0v) is 13.6. The molecule has 0 amide bonds. The van der Waals surface area contributed by atoms with Gasteiger partial charge < -0.3 is 4.74 Å². The van der Waals surface area contributed by atoms with Crippen molar-refractivity contribution in [2.24, 2.45) is 5.84 Å². The molecule has 116 valence electrons. The van der Waals surface area contributed by atoms with Gasteiger partial charge in [-0.15, -0.1) is 0 Å². The number of nitrogens with two attached hydrogens (primary N) is 1. The average Bonchev–Trinajstić information content (AvgIpc) is 2.90. The molecule has 0 aliphatic rings. The molecule has 0 aliphatic carbocycles. The number of aromatic nitrogens is 2. The summed E-state index contributed by atoms with van der Waals surface area (Å²) in [7, 11) is 1.77. The van der Waals surface area contributed by atoms with Crippen molar-refractivity contribution in [1.29, 1.82) is 0 Å². The Bertz CT molecular complexity index is 390. The van der Waals surface area contributed by atoms with E-state index in [9.17, 15) is 0 Å². The van der Waals surface area contributed by atoms with Crippen molar-refractivity contribution >= 4 is 0 Å². The minimum absolute atomic E-state index is 0.0780. The molecule has 0 aromatic carbocycles. The Morgan fingerprint density at radius 1 is 1.35 bits per heavy atom. The lowest BCUT2D eigenvalue weighted by molar-refractivity contribution is -0.0477. The van der Waals surface area contributed by atoms with E-state index in [1.54, 1.807) is 7.11 Å². The maximum Gasteiger partial charge on any atom is 0.0842 e. The van der Waals surface area contributed by atoms with Crippen LogP contribution in [0.5, 0.6) is 0 Å². The van der Waals surface area contributed by atoms with Crippen LogP contribution in [-0.4, -0.2) is 28.5 Å². The number of hydrazine groups is 1. The summed E-state index contributed by atoms with van der Waals surface area (Å²) in [5, 5.41) is 4.60. The highest BCUT2D eigenvalue weighted by Gasteiger charge is 2.35. The second kappa shape index (κ2) is 7.76. The lowest BCUT2D eigenvalue weighted by Crippen LogP contribution is -2.55. The molecule has 1 heterocycles. The van der Waals surface area contributed by atoms with E-state index in [1.165, 1.54) is 5.69 Å². The molecule has 1 aromatic heterocycles. The summed E-state index contributed by atoms with van der Waals surface area (Å²) in [6, 6.07) is 2.26. The van der Waals surface area contributed by atoms with Crippen LogP contribution < -0.4 is 11.3 Å². The standard InChI is InChI=1S/C15H30N4O/c1-6-12-10-13(19(9-4)18-12)11-14(17-16)15(7-2,8-3)20-5/h10,14,17H,6-9,11,16H2,1-5H3. The number of aryl methyl sites for hydroxylation is 2. The zero-order chi connectivity index (χ0) is 15.2. The smallest absolute Gasteiger partial charge is 0.0842 e. The summed E-state index contributed by atoms with van der Waals surface area (Å²) in [6.07, 6.45) is 3.64. The van der Waals surface area contributed by atoms with Gasteiger partial charge in [-0.2, -0.15) is 5.10 Å². The van der Waals surface area contributed by atoms with Gasteiger partial charge in [0.25, 0.3) is 0 Å². The summed E-state index contributed by atoms with van der Waals surface area (Å²) < 4.78 is 7.86. The Morgan fingerprint density at radius 3 is 2.40 bits per heavy atom. The van der Waals surface area contributed by atoms with Gasteiger partial charge in [0, 0.05) is 25.8 Å². The first-order chi connectivity index (χ1) is 9.60. The molecular formula is C15H30N4O. The first kappa shape index (κ1) is 17.1. The Balaban J connectivity index is 3.00. The summed E-state index contributed by atoms with van der Waals surface area (Å²) in [4.78, 5) is 0. The van der Waals surface area contributed by atoms with E-state index >= 15 is 0 Å². The Morgan fingerprint density at radius 2 is 2.00 bits per heavy atom. The van der Waals surface area contributed by atoms with Crippen LogP contribution in [0, 0.1) is 0 Å². The van der Waals surface area contributed by atoms with Gasteiger partial charge in [-0.05, 0) is 32.3 Å². The molecular weight excluding hydrogens is 252 g/mol. The highest BCUT2D eigenvalue weighted by atomic mass is 16.5. The topological polar surface area (TPSA) is 65.1 Å². The maximum absolute atomic E-state index is 5.80. The van der Waals surface area contributed by atoms with E-state index in [0.717, 1.165) is 37.9 Å². The van der Waals surface area contributed by atoms with E-state index in [1.807, 2.05) is 0 Å². The molecule has 0 bridgehead atoms. The first-order valence-electron chi connectivity index (χ1n) is 7.67. The second-order valence-corrected chi connectivity index (χ2v) is 5.20. The summed E-state index contributed by atoms with van der Waals surface area (Å²) in [5.41, 5.74) is 5.08. The molecule has 5 nitrogen and oxygen atoms in total. The normalized spacial score (nSPS) is 13.7. The number of ether oxygens (including phenoxy) is 1. The van der Waals surface area contributed by atoms with Gasteiger partial charge in [0.15, 0.2) is 0 Å². The van der Waals surface area contributed by atoms with Crippen molar-refractivity contribution in [1.82, 2.24) is 15.2 Å². The summed E-state index contributed by atoms with van der Waals surface area (Å²) >= 11 is 0. The fourth-order valence-electron chi connectivity index (χ4n) is 2.91. The van der Waals surface area contributed by atoms with Gasteiger partial charge in [0.1, 0.15) is 0 Å². The largest absolute Gasteiger partial charge is 0.377 e. The molecule has 0 radical (unpaired) electrons. The van der Waals surface area contributed by atoms with E-state index in [4.69, 9.17) is 10.6 Å². The molecule has 1 atom stereocenters. The van der Waals surface area contributed by atoms with Crippen LogP contribution in [0.2, 0.25) is 0 Å². The third-order valence-electron chi connectivity index (χ3n) is 4.43. The molecule has 3 N–H and O–H groups in total. The van der Waals surface area contributed by atoms with Crippen LogP contribution in [0.3, 0.4) is 0 Å². The van der Waals surface area contributed by atoms with E-state index < -0.39 is 0 Å². The van der Waals surface area contributed by atoms with Crippen LogP contribution in [0.15, 0.2) is 6.07 Å². The SMILES string of the molecule is CCc1cc(CC(NN)C(CC)(CC)OC)n(CC)n1. The molecule has 5 heteroatoms. The predicted molar refractivity (Wildman–Crippen MR) is 82.4 cm³/mol. The van der Waals surface area contributed by atoms with Crippen molar-refractivity contribution < 1.29 is 4.74 Å². The quantitative estimate of drug-likeness (QED) is 0.537. The lowest BCUT2D eigenvalue weighted by atomic mass is 9.85. The van der Waals surface area contributed by atoms with Crippen molar-refractivity contribution in [3.8, 4) is 0 Å². The first-order valence-corrected chi connectivity index (χ1v) is 7.67. The molecule has 1 unspecified atom stereocenters. The third-order valence-corrected chi connectivity index (χ3v) is 4.43. The minimum Gasteiger partial charge on any atom is -0.377 e. The van der Waals surface area contributed by atoms with Crippen LogP contribution in [0.25, 0.3) is 0 Å². The number of nitrogens with zero attached hydrogens (tertiary/aromatic N) is 2. The monoisotopic (exact) mass is 282 g/mol. The van der Waals surface area contributed by atoms with Crippen LogP contribution in [0.1, 0.15) is 51.9 Å². The Hall–Kier alpha value is -0.910. The lowest BCUT2D eigenvalue weighted by Gasteiger charge is -2.38. The number of nitrogens with one attached hydrogen (secondary N) is 1. The number of hydrogen-bond acceptors (Lipinski definition) is 4. The molecule has 0 spiro atoms. The molecule has 20 heavy (non-hydrogen) atoms. The minimum atomic E-state index is -0.232. The fourth-order valence-corrected chi connectivity index (χ4v) is 2.91. The highest BCUT2D eigenvalue weighted by molar-refractivity contribution is 5.13. The molecule has 1 rings (SSSR count). The van der Waals surface area contributed by atoms with Gasteiger partial charge >= 0.3 is 0 Å². The van der Waals surface area contributed by atoms with Gasteiger partial charge in [-0.3, -0.25) is 16.0 Å². The Labute approximate surface area is 122 Å². The molecule has 0 fully saturated rings. The average molecular weight is 282 g/mol. The van der Waals surface area contributed by atoms with Crippen LogP contribution >= 0.6 is 0 Å². The number of methoxy groups -OCH3 is 1. The van der Waals surface area contributed by atoms with Crippen molar-refractivity contribution in [2.45, 2.75) is 71.6 Å². The van der Waals surface area contributed by atoms with Gasteiger partial charge in [0.2, 0.25) is 0 Å². The van der Waals surface area contributed by atoms with Crippen LogP contribution in [-0.2, 0) is 24.1 Å².